The van der Waals surface area contributed by atoms with Gasteiger partial charge in [0.1, 0.15) is 0 Å². The van der Waals surface area contributed by atoms with Crippen LogP contribution in [0.4, 0.5) is 0 Å². The standard InChI is InChI=1S/C17H35N3O/c1-3-20(4-2)17(12-5-6-13-17)16(19-18)11-7-9-15-10-8-14-21-15/h15-16,19H,3-14,18H2,1-2H3. The van der Waals surface area contributed by atoms with Crippen molar-refractivity contribution in [3.05, 3.63) is 0 Å². The van der Waals surface area contributed by atoms with Crippen molar-refractivity contribution in [2.45, 2.75) is 89.3 Å². The molecule has 0 aromatic rings. The van der Waals surface area contributed by atoms with E-state index in [1.807, 2.05) is 0 Å². The lowest BCUT2D eigenvalue weighted by Gasteiger charge is -2.46. The Hall–Kier alpha value is -0.160. The molecule has 21 heavy (non-hydrogen) atoms. The van der Waals surface area contributed by atoms with Crippen LogP contribution in [0.3, 0.4) is 0 Å². The van der Waals surface area contributed by atoms with Gasteiger partial charge in [0.15, 0.2) is 0 Å². The highest BCUT2D eigenvalue weighted by Crippen LogP contribution is 2.39. The summed E-state index contributed by atoms with van der Waals surface area (Å²) in [5.41, 5.74) is 3.46. The summed E-state index contributed by atoms with van der Waals surface area (Å²) in [6, 6.07) is 0.418. The number of hydrogen-bond donors (Lipinski definition) is 2. The third-order valence-corrected chi connectivity index (χ3v) is 5.76. The third-order valence-electron chi connectivity index (χ3n) is 5.76. The van der Waals surface area contributed by atoms with Gasteiger partial charge >= 0.3 is 0 Å². The predicted octanol–water partition coefficient (Wildman–Crippen LogP) is 2.82. The number of nitrogens with zero attached hydrogens (tertiary/aromatic N) is 1. The van der Waals surface area contributed by atoms with Crippen LogP contribution in [0.25, 0.3) is 0 Å². The van der Waals surface area contributed by atoms with Crippen molar-refractivity contribution < 1.29 is 4.74 Å². The molecular weight excluding hydrogens is 262 g/mol. The molecule has 1 saturated heterocycles. The van der Waals surface area contributed by atoms with Crippen molar-refractivity contribution in [3.63, 3.8) is 0 Å². The summed E-state index contributed by atoms with van der Waals surface area (Å²) in [4.78, 5) is 2.65. The lowest BCUT2D eigenvalue weighted by atomic mass is 9.83. The Balaban J connectivity index is 1.91. The van der Waals surface area contributed by atoms with Crippen molar-refractivity contribution in [2.24, 2.45) is 5.84 Å². The van der Waals surface area contributed by atoms with Gasteiger partial charge in [-0.3, -0.25) is 16.2 Å². The van der Waals surface area contributed by atoms with Crippen molar-refractivity contribution in [1.29, 1.82) is 0 Å². The molecule has 1 saturated carbocycles. The molecule has 0 aromatic carbocycles. The first-order valence-corrected chi connectivity index (χ1v) is 9.09. The van der Waals surface area contributed by atoms with Gasteiger partial charge in [0, 0.05) is 18.2 Å². The van der Waals surface area contributed by atoms with Gasteiger partial charge in [0.05, 0.1) is 6.10 Å². The summed E-state index contributed by atoms with van der Waals surface area (Å²) < 4.78 is 5.75. The zero-order chi connectivity index (χ0) is 15.1. The molecule has 2 atom stereocenters. The molecule has 4 nitrogen and oxygen atoms in total. The summed E-state index contributed by atoms with van der Waals surface area (Å²) >= 11 is 0. The zero-order valence-electron chi connectivity index (χ0n) is 14.1. The molecule has 2 fully saturated rings. The van der Waals surface area contributed by atoms with E-state index in [4.69, 9.17) is 10.6 Å². The molecule has 4 heteroatoms. The molecule has 0 spiro atoms. The zero-order valence-corrected chi connectivity index (χ0v) is 14.1. The average Bonchev–Trinajstić information content (AvgIpc) is 3.17. The number of hydrazine groups is 1. The first-order chi connectivity index (χ1) is 10.3. The summed E-state index contributed by atoms with van der Waals surface area (Å²) in [5.74, 6) is 5.97. The first-order valence-electron chi connectivity index (χ1n) is 9.09. The fraction of sp³-hybridized carbons (Fsp3) is 1.00. The maximum atomic E-state index is 5.97. The molecule has 2 unspecified atom stereocenters. The summed E-state index contributed by atoms with van der Waals surface area (Å²) in [6.07, 6.45) is 11.9. The fourth-order valence-electron chi connectivity index (χ4n) is 4.65. The minimum absolute atomic E-state index is 0.286. The predicted molar refractivity (Wildman–Crippen MR) is 88.1 cm³/mol. The summed E-state index contributed by atoms with van der Waals surface area (Å²) in [7, 11) is 0. The van der Waals surface area contributed by atoms with Gasteiger partial charge in [-0.15, -0.1) is 0 Å². The Bertz CT molecular complexity index is 282. The van der Waals surface area contributed by atoms with E-state index in [2.05, 4.69) is 24.2 Å². The molecule has 1 heterocycles. The molecule has 0 bridgehead atoms. The molecule has 1 aliphatic heterocycles. The Labute approximate surface area is 130 Å². The number of nitrogens with two attached hydrogens (primary N) is 1. The van der Waals surface area contributed by atoms with Crippen LogP contribution in [0.1, 0.15) is 71.6 Å². The molecule has 124 valence electrons. The van der Waals surface area contributed by atoms with E-state index in [1.165, 1.54) is 57.8 Å². The second-order valence-corrected chi connectivity index (χ2v) is 6.77. The highest BCUT2D eigenvalue weighted by molar-refractivity contribution is 5.02. The van der Waals surface area contributed by atoms with E-state index < -0.39 is 0 Å². The number of likely N-dealkylation sites (N-methyl/N-ethyl adjacent to an activating group) is 1. The molecular formula is C17H35N3O. The minimum atomic E-state index is 0.286. The van der Waals surface area contributed by atoms with Crippen molar-refractivity contribution in [2.75, 3.05) is 19.7 Å². The van der Waals surface area contributed by atoms with Crippen LogP contribution in [0.2, 0.25) is 0 Å². The number of hydrogen-bond acceptors (Lipinski definition) is 4. The van der Waals surface area contributed by atoms with Gasteiger partial charge < -0.3 is 4.74 Å². The van der Waals surface area contributed by atoms with E-state index in [1.54, 1.807) is 0 Å². The first kappa shape index (κ1) is 17.2. The molecule has 2 rings (SSSR count). The third kappa shape index (κ3) is 3.98. The van der Waals surface area contributed by atoms with E-state index >= 15 is 0 Å². The fourth-order valence-corrected chi connectivity index (χ4v) is 4.65. The lowest BCUT2D eigenvalue weighted by Crippen LogP contribution is -2.61. The highest BCUT2D eigenvalue weighted by atomic mass is 16.5. The van der Waals surface area contributed by atoms with E-state index in [0.717, 1.165) is 19.7 Å². The van der Waals surface area contributed by atoms with Crippen LogP contribution in [-0.2, 0) is 4.74 Å². The molecule has 1 aliphatic carbocycles. The van der Waals surface area contributed by atoms with Gasteiger partial charge in [0.2, 0.25) is 0 Å². The Morgan fingerprint density at radius 2 is 1.95 bits per heavy atom. The summed E-state index contributed by atoms with van der Waals surface area (Å²) in [6.45, 7) is 7.78. The van der Waals surface area contributed by atoms with Gasteiger partial charge in [-0.2, -0.15) is 0 Å². The SMILES string of the molecule is CCN(CC)C1(C(CCCC2CCCO2)NN)CCCC1. The quantitative estimate of drug-likeness (QED) is 0.507. The van der Waals surface area contributed by atoms with Crippen LogP contribution in [-0.4, -0.2) is 42.3 Å². The van der Waals surface area contributed by atoms with Gasteiger partial charge in [-0.25, -0.2) is 0 Å². The Morgan fingerprint density at radius 1 is 1.24 bits per heavy atom. The van der Waals surface area contributed by atoms with E-state index in [0.29, 0.717) is 12.1 Å². The molecule has 0 radical (unpaired) electrons. The van der Waals surface area contributed by atoms with Crippen LogP contribution in [0.5, 0.6) is 0 Å². The smallest absolute Gasteiger partial charge is 0.0576 e. The van der Waals surface area contributed by atoms with Gasteiger partial charge in [-0.05, 0) is 58.0 Å². The summed E-state index contributed by atoms with van der Waals surface area (Å²) in [5, 5.41) is 0. The Morgan fingerprint density at radius 3 is 2.48 bits per heavy atom. The normalized spacial score (nSPS) is 26.6. The van der Waals surface area contributed by atoms with Crippen molar-refractivity contribution in [1.82, 2.24) is 10.3 Å². The maximum absolute atomic E-state index is 5.97. The number of ether oxygens (including phenoxy) is 1. The maximum Gasteiger partial charge on any atom is 0.0576 e. The second kappa shape index (κ2) is 8.47. The number of rotatable bonds is 9. The average molecular weight is 297 g/mol. The number of nitrogens with one attached hydrogen (secondary N) is 1. The second-order valence-electron chi connectivity index (χ2n) is 6.77. The van der Waals surface area contributed by atoms with Gasteiger partial charge in [0.25, 0.3) is 0 Å². The topological polar surface area (TPSA) is 50.5 Å². The highest BCUT2D eigenvalue weighted by Gasteiger charge is 2.44. The monoisotopic (exact) mass is 297 g/mol. The van der Waals surface area contributed by atoms with Crippen LogP contribution < -0.4 is 11.3 Å². The van der Waals surface area contributed by atoms with E-state index in [9.17, 15) is 0 Å². The molecule has 0 aromatic heterocycles. The molecule has 2 aliphatic rings. The molecule has 0 amide bonds. The van der Waals surface area contributed by atoms with Crippen molar-refractivity contribution >= 4 is 0 Å². The van der Waals surface area contributed by atoms with Crippen LogP contribution >= 0.6 is 0 Å². The Kier molecular flexibility index (Phi) is 6.93. The van der Waals surface area contributed by atoms with E-state index in [-0.39, 0.29) is 5.54 Å². The van der Waals surface area contributed by atoms with Crippen LogP contribution in [0, 0.1) is 0 Å². The van der Waals surface area contributed by atoms with Gasteiger partial charge in [-0.1, -0.05) is 26.7 Å². The minimum Gasteiger partial charge on any atom is -0.378 e. The molecule has 3 N–H and O–H groups in total. The van der Waals surface area contributed by atoms with Crippen molar-refractivity contribution in [3.8, 4) is 0 Å². The van der Waals surface area contributed by atoms with Crippen LogP contribution in [0.15, 0.2) is 0 Å². The largest absolute Gasteiger partial charge is 0.378 e. The lowest BCUT2D eigenvalue weighted by molar-refractivity contribution is 0.0545.